The molecule has 0 aromatic heterocycles. The van der Waals surface area contributed by atoms with Crippen molar-refractivity contribution in [2.24, 2.45) is 0 Å². The molecule has 0 aliphatic heterocycles. The number of hydrogen-bond donors (Lipinski definition) is 0. The molecule has 0 unspecified atom stereocenters. The molecule has 0 aromatic rings. The lowest BCUT2D eigenvalue weighted by atomic mass is 9.94. The first-order valence-electron chi connectivity index (χ1n) is 4.21. The second kappa shape index (κ2) is 3.70. The van der Waals surface area contributed by atoms with E-state index in [9.17, 15) is 4.39 Å². The van der Waals surface area contributed by atoms with Gasteiger partial charge in [0, 0.05) is 0 Å². The maximum atomic E-state index is 13.0. The topological polar surface area (TPSA) is 0 Å². The van der Waals surface area contributed by atoms with Crippen LogP contribution >= 0.6 is 0 Å². The largest absolute Gasteiger partial charge is 0.212 e. The predicted molar refractivity (Wildman–Crippen MR) is 46.0 cm³/mol. The summed E-state index contributed by atoms with van der Waals surface area (Å²) in [7, 11) is 0. The van der Waals surface area contributed by atoms with Crippen LogP contribution in [-0.2, 0) is 0 Å². The van der Waals surface area contributed by atoms with Crippen molar-refractivity contribution in [2.75, 3.05) is 0 Å². The molecule has 11 heavy (non-hydrogen) atoms. The molecule has 0 saturated heterocycles. The first-order chi connectivity index (χ1) is 5.20. The number of rotatable bonds is 2. The van der Waals surface area contributed by atoms with Crippen LogP contribution in [0.15, 0.2) is 23.6 Å². The Morgan fingerprint density at radius 3 is 2.64 bits per heavy atom. The van der Waals surface area contributed by atoms with Gasteiger partial charge in [0.15, 0.2) is 0 Å². The average molecular weight is 154 g/mol. The van der Waals surface area contributed by atoms with Crippen molar-refractivity contribution in [2.45, 2.75) is 39.0 Å². The van der Waals surface area contributed by atoms with Gasteiger partial charge in [-0.1, -0.05) is 12.2 Å². The van der Waals surface area contributed by atoms with Crippen molar-refractivity contribution in [3.63, 3.8) is 0 Å². The lowest BCUT2D eigenvalue weighted by Crippen LogP contribution is -1.96. The molecule has 0 nitrogen and oxygen atoms in total. The van der Waals surface area contributed by atoms with Gasteiger partial charge in [0.05, 0.1) is 5.83 Å². The van der Waals surface area contributed by atoms with Crippen LogP contribution in [0.2, 0.25) is 0 Å². The molecule has 1 aliphatic carbocycles. The fraction of sp³-hybridized carbons (Fsp3) is 0.600. The zero-order valence-corrected chi connectivity index (χ0v) is 7.12. The fourth-order valence-corrected chi connectivity index (χ4v) is 1.48. The highest BCUT2D eigenvalue weighted by Crippen LogP contribution is 2.29. The predicted octanol–water partition coefficient (Wildman–Crippen LogP) is 3.75. The molecule has 0 bridgehead atoms. The van der Waals surface area contributed by atoms with Crippen LogP contribution < -0.4 is 0 Å². The molecule has 0 aromatic carbocycles. The quantitative estimate of drug-likeness (QED) is 0.531. The highest BCUT2D eigenvalue weighted by atomic mass is 19.1. The molecule has 1 rings (SSSR count). The van der Waals surface area contributed by atoms with Crippen molar-refractivity contribution >= 4 is 0 Å². The SMILES string of the molecule is C=C(C)CC1=C(F)CCCC1. The molecule has 0 atom stereocenters. The monoisotopic (exact) mass is 154 g/mol. The standard InChI is InChI=1S/C10H15F/c1-8(2)7-9-5-3-4-6-10(9)11/h1,3-7H2,2H3. The van der Waals surface area contributed by atoms with E-state index in [1.807, 2.05) is 6.92 Å². The highest BCUT2D eigenvalue weighted by Gasteiger charge is 2.11. The van der Waals surface area contributed by atoms with Crippen LogP contribution in [0.1, 0.15) is 39.0 Å². The Labute approximate surface area is 67.8 Å². The first kappa shape index (κ1) is 8.51. The summed E-state index contributed by atoms with van der Waals surface area (Å²) in [6.45, 7) is 5.74. The lowest BCUT2D eigenvalue weighted by Gasteiger charge is -2.14. The zero-order chi connectivity index (χ0) is 8.27. The van der Waals surface area contributed by atoms with Crippen LogP contribution in [-0.4, -0.2) is 0 Å². The molecule has 0 spiro atoms. The van der Waals surface area contributed by atoms with Crippen LogP contribution in [0.25, 0.3) is 0 Å². The van der Waals surface area contributed by atoms with Crippen molar-refractivity contribution in [3.05, 3.63) is 23.6 Å². The van der Waals surface area contributed by atoms with Crippen LogP contribution in [0, 0.1) is 0 Å². The molecule has 0 fully saturated rings. The summed E-state index contributed by atoms with van der Waals surface area (Å²) < 4.78 is 13.0. The Balaban J connectivity index is 2.59. The summed E-state index contributed by atoms with van der Waals surface area (Å²) in [5.74, 6) is 0.124. The third-order valence-corrected chi connectivity index (χ3v) is 2.02. The summed E-state index contributed by atoms with van der Waals surface area (Å²) in [5.41, 5.74) is 2.06. The van der Waals surface area contributed by atoms with Gasteiger partial charge in [0.1, 0.15) is 0 Å². The summed E-state index contributed by atoms with van der Waals surface area (Å²) in [6.07, 6.45) is 4.54. The molecule has 62 valence electrons. The van der Waals surface area contributed by atoms with Crippen LogP contribution in [0.5, 0.6) is 0 Å². The van der Waals surface area contributed by atoms with E-state index < -0.39 is 0 Å². The van der Waals surface area contributed by atoms with E-state index in [1.165, 1.54) is 0 Å². The molecular formula is C10H15F. The third-order valence-electron chi connectivity index (χ3n) is 2.02. The minimum absolute atomic E-state index is 0.124. The average Bonchev–Trinajstić information content (AvgIpc) is 1.93. The van der Waals surface area contributed by atoms with Gasteiger partial charge in [-0.3, -0.25) is 0 Å². The maximum absolute atomic E-state index is 13.0. The first-order valence-corrected chi connectivity index (χ1v) is 4.21. The third kappa shape index (κ3) is 2.49. The Bertz CT molecular complexity index is 189. The smallest absolute Gasteiger partial charge is 0.0994 e. The summed E-state index contributed by atoms with van der Waals surface area (Å²) in [4.78, 5) is 0. The molecular weight excluding hydrogens is 139 g/mol. The van der Waals surface area contributed by atoms with Gasteiger partial charge in [-0.15, -0.1) is 0 Å². The molecule has 0 heterocycles. The molecule has 0 radical (unpaired) electrons. The zero-order valence-electron chi connectivity index (χ0n) is 7.12. The second-order valence-electron chi connectivity index (χ2n) is 3.35. The lowest BCUT2D eigenvalue weighted by molar-refractivity contribution is 0.509. The highest BCUT2D eigenvalue weighted by molar-refractivity contribution is 5.17. The summed E-state index contributed by atoms with van der Waals surface area (Å²) in [5, 5.41) is 0. The van der Waals surface area contributed by atoms with Gasteiger partial charge in [-0.2, -0.15) is 0 Å². The normalized spacial score (nSPS) is 18.7. The van der Waals surface area contributed by atoms with Crippen molar-refractivity contribution < 1.29 is 4.39 Å². The van der Waals surface area contributed by atoms with E-state index in [0.29, 0.717) is 6.42 Å². The Morgan fingerprint density at radius 2 is 2.09 bits per heavy atom. The molecule has 1 heteroatoms. The van der Waals surface area contributed by atoms with Crippen molar-refractivity contribution in [1.29, 1.82) is 0 Å². The van der Waals surface area contributed by atoms with E-state index in [0.717, 1.165) is 36.8 Å². The van der Waals surface area contributed by atoms with Gasteiger partial charge < -0.3 is 0 Å². The van der Waals surface area contributed by atoms with Crippen molar-refractivity contribution in [1.82, 2.24) is 0 Å². The van der Waals surface area contributed by atoms with Crippen LogP contribution in [0.3, 0.4) is 0 Å². The molecule has 1 aliphatic rings. The fourth-order valence-electron chi connectivity index (χ4n) is 1.48. The van der Waals surface area contributed by atoms with Gasteiger partial charge in [-0.25, -0.2) is 4.39 Å². The van der Waals surface area contributed by atoms with Crippen LogP contribution in [0.4, 0.5) is 4.39 Å². The number of halogens is 1. The van der Waals surface area contributed by atoms with Crippen molar-refractivity contribution in [3.8, 4) is 0 Å². The van der Waals surface area contributed by atoms with E-state index >= 15 is 0 Å². The molecule has 0 amide bonds. The molecule has 0 N–H and O–H groups in total. The minimum Gasteiger partial charge on any atom is -0.212 e. The Hall–Kier alpha value is -0.590. The number of hydrogen-bond acceptors (Lipinski definition) is 0. The summed E-state index contributed by atoms with van der Waals surface area (Å²) in [6, 6.07) is 0. The van der Waals surface area contributed by atoms with E-state index in [4.69, 9.17) is 0 Å². The van der Waals surface area contributed by atoms with E-state index in [-0.39, 0.29) is 5.83 Å². The maximum Gasteiger partial charge on any atom is 0.0994 e. The Morgan fingerprint density at radius 1 is 1.45 bits per heavy atom. The van der Waals surface area contributed by atoms with E-state index in [1.54, 1.807) is 0 Å². The van der Waals surface area contributed by atoms with Gasteiger partial charge in [0.25, 0.3) is 0 Å². The molecule has 0 saturated carbocycles. The van der Waals surface area contributed by atoms with Gasteiger partial charge in [0.2, 0.25) is 0 Å². The van der Waals surface area contributed by atoms with Gasteiger partial charge in [-0.05, 0) is 44.6 Å². The Kier molecular flexibility index (Phi) is 2.86. The van der Waals surface area contributed by atoms with E-state index in [2.05, 4.69) is 6.58 Å². The number of allylic oxidation sites excluding steroid dienone is 3. The second-order valence-corrected chi connectivity index (χ2v) is 3.35. The minimum atomic E-state index is 0.124. The van der Waals surface area contributed by atoms with Gasteiger partial charge >= 0.3 is 0 Å². The summed E-state index contributed by atoms with van der Waals surface area (Å²) >= 11 is 0.